The third kappa shape index (κ3) is 5.21. The van der Waals surface area contributed by atoms with Crippen LogP contribution in [0.15, 0.2) is 29.3 Å². The summed E-state index contributed by atoms with van der Waals surface area (Å²) >= 11 is 1.70. The van der Waals surface area contributed by atoms with Gasteiger partial charge in [-0.2, -0.15) is 13.2 Å². The van der Waals surface area contributed by atoms with Crippen LogP contribution in [0, 0.1) is 0 Å². The average molecular weight is 414 g/mol. The smallest absolute Gasteiger partial charge is 0.350 e. The van der Waals surface area contributed by atoms with Crippen LogP contribution in [0.25, 0.3) is 0 Å². The molecule has 2 aliphatic rings. The second kappa shape index (κ2) is 8.76. The second-order valence-corrected chi connectivity index (χ2v) is 8.88. The molecule has 28 heavy (non-hydrogen) atoms. The van der Waals surface area contributed by atoms with Crippen molar-refractivity contribution < 1.29 is 18.0 Å². The Morgan fingerprint density at radius 3 is 2.46 bits per heavy atom. The molecule has 2 fully saturated rings. The van der Waals surface area contributed by atoms with E-state index in [0.29, 0.717) is 11.7 Å². The Morgan fingerprint density at radius 2 is 1.86 bits per heavy atom. The van der Waals surface area contributed by atoms with Crippen LogP contribution in [0.5, 0.6) is 0 Å². The van der Waals surface area contributed by atoms with Crippen LogP contribution in [-0.2, 0) is 11.0 Å². The third-order valence-electron chi connectivity index (χ3n) is 5.39. The quantitative estimate of drug-likeness (QED) is 0.742. The summed E-state index contributed by atoms with van der Waals surface area (Å²) in [5.41, 5.74) is -0.357. The summed E-state index contributed by atoms with van der Waals surface area (Å²) in [5, 5.41) is 3.92. The maximum Gasteiger partial charge on any atom is 0.416 e. The van der Waals surface area contributed by atoms with E-state index in [1.54, 1.807) is 11.8 Å². The fraction of sp³-hybridized carbons (Fsp3) is 0.600. The van der Waals surface area contributed by atoms with Crippen molar-refractivity contribution in [3.05, 3.63) is 29.8 Å². The number of amidine groups is 1. The number of carbonyl (C=O) groups excluding carboxylic acids is 1. The summed E-state index contributed by atoms with van der Waals surface area (Å²) in [6, 6.07) is 4.92. The number of anilines is 1. The van der Waals surface area contributed by atoms with Gasteiger partial charge in [-0.15, -0.1) is 0 Å². The largest absolute Gasteiger partial charge is 0.416 e. The van der Waals surface area contributed by atoms with E-state index >= 15 is 0 Å². The minimum absolute atomic E-state index is 0.0155. The monoisotopic (exact) mass is 413 g/mol. The van der Waals surface area contributed by atoms with Crippen molar-refractivity contribution in [1.82, 2.24) is 4.90 Å². The molecule has 1 aromatic rings. The number of thioether (sulfide) groups is 1. The first kappa shape index (κ1) is 21.0. The predicted molar refractivity (Wildman–Crippen MR) is 108 cm³/mol. The van der Waals surface area contributed by atoms with Crippen molar-refractivity contribution in [3.8, 4) is 0 Å². The molecular weight excluding hydrogens is 387 g/mol. The highest BCUT2D eigenvalue weighted by atomic mass is 32.2. The molecule has 2 atom stereocenters. The molecule has 0 aromatic heterocycles. The summed E-state index contributed by atoms with van der Waals surface area (Å²) in [6.45, 7) is 2.08. The lowest BCUT2D eigenvalue weighted by Gasteiger charge is -2.24. The minimum atomic E-state index is -4.38. The fourth-order valence-corrected chi connectivity index (χ4v) is 5.00. The molecule has 1 saturated carbocycles. The van der Waals surface area contributed by atoms with Gasteiger partial charge in [0.15, 0.2) is 5.17 Å². The van der Waals surface area contributed by atoms with E-state index in [2.05, 4.69) is 17.1 Å². The molecule has 8 heteroatoms. The van der Waals surface area contributed by atoms with Crippen LogP contribution in [-0.4, -0.2) is 40.4 Å². The average Bonchev–Trinajstić information content (AvgIpc) is 2.90. The number of alkyl halides is 3. The van der Waals surface area contributed by atoms with Crippen LogP contribution >= 0.6 is 11.8 Å². The number of aliphatic imine (C=N–C) groups is 1. The standard InChI is InChI=1S/C20H26F3N3OS/c1-13-17(26(2)19(28-13)25-15-6-4-3-5-7-15)12-18(27)24-16-10-8-14(9-11-16)20(21,22)23/h8-11,13,15,17H,3-7,12H2,1-2H3,(H,24,27). The Bertz CT molecular complexity index is 714. The number of hydrogen-bond donors (Lipinski definition) is 1. The number of carbonyl (C=O) groups is 1. The lowest BCUT2D eigenvalue weighted by atomic mass is 9.96. The lowest BCUT2D eigenvalue weighted by Crippen LogP contribution is -2.36. The minimum Gasteiger partial charge on any atom is -0.350 e. The van der Waals surface area contributed by atoms with Crippen LogP contribution < -0.4 is 5.32 Å². The Morgan fingerprint density at radius 1 is 1.21 bits per heavy atom. The van der Waals surface area contributed by atoms with Gasteiger partial charge >= 0.3 is 6.18 Å². The van der Waals surface area contributed by atoms with E-state index in [0.717, 1.165) is 30.1 Å². The molecule has 1 aliphatic heterocycles. The normalized spacial score (nSPS) is 25.3. The van der Waals surface area contributed by atoms with Crippen molar-refractivity contribution >= 4 is 28.5 Å². The van der Waals surface area contributed by atoms with E-state index < -0.39 is 11.7 Å². The number of benzene rings is 1. The Hall–Kier alpha value is -1.70. The highest BCUT2D eigenvalue weighted by Crippen LogP contribution is 2.34. The van der Waals surface area contributed by atoms with Crippen molar-refractivity contribution in [2.75, 3.05) is 12.4 Å². The van der Waals surface area contributed by atoms with Gasteiger partial charge in [-0.3, -0.25) is 9.79 Å². The number of amides is 1. The van der Waals surface area contributed by atoms with Crippen molar-refractivity contribution in [2.45, 2.75) is 69.0 Å². The summed E-state index contributed by atoms with van der Waals surface area (Å²) in [7, 11) is 1.97. The molecule has 0 radical (unpaired) electrons. The van der Waals surface area contributed by atoms with Crippen molar-refractivity contribution in [2.24, 2.45) is 4.99 Å². The summed E-state index contributed by atoms with van der Waals surface area (Å²) < 4.78 is 37.9. The van der Waals surface area contributed by atoms with Gasteiger partial charge in [-0.25, -0.2) is 0 Å². The van der Waals surface area contributed by atoms with Crippen molar-refractivity contribution in [3.63, 3.8) is 0 Å². The Labute approximate surface area is 168 Å². The van der Waals surface area contributed by atoms with Gasteiger partial charge in [-0.05, 0) is 37.1 Å². The first-order chi connectivity index (χ1) is 13.2. The number of halogens is 3. The van der Waals surface area contributed by atoms with Crippen LogP contribution in [0.2, 0.25) is 0 Å². The van der Waals surface area contributed by atoms with Gasteiger partial charge in [0.2, 0.25) is 5.91 Å². The zero-order valence-corrected chi connectivity index (χ0v) is 16.9. The second-order valence-electron chi connectivity index (χ2n) is 7.53. The molecule has 1 saturated heterocycles. The molecule has 1 amide bonds. The van der Waals surface area contributed by atoms with Crippen LogP contribution in [0.4, 0.5) is 18.9 Å². The molecule has 0 bridgehead atoms. The molecular formula is C20H26F3N3OS. The van der Waals surface area contributed by atoms with Gasteiger partial charge in [0, 0.05) is 24.4 Å². The molecule has 1 N–H and O–H groups in total. The van der Waals surface area contributed by atoms with Gasteiger partial charge in [0.25, 0.3) is 0 Å². The molecule has 154 valence electrons. The van der Waals surface area contributed by atoms with Gasteiger partial charge in [0.1, 0.15) is 0 Å². The molecule has 0 spiro atoms. The SMILES string of the molecule is CC1SC(=NC2CCCCC2)N(C)C1CC(=O)Nc1ccc(C(F)(F)F)cc1. The maximum atomic E-state index is 12.6. The molecule has 1 heterocycles. The van der Waals surface area contributed by atoms with E-state index in [1.807, 2.05) is 7.05 Å². The number of hydrogen-bond acceptors (Lipinski definition) is 3. The summed E-state index contributed by atoms with van der Waals surface area (Å²) in [5.74, 6) is -0.206. The number of nitrogens with zero attached hydrogens (tertiary/aromatic N) is 2. The Balaban J connectivity index is 1.58. The third-order valence-corrected chi connectivity index (χ3v) is 6.68. The highest BCUT2D eigenvalue weighted by molar-refractivity contribution is 8.14. The van der Waals surface area contributed by atoms with E-state index in [4.69, 9.17) is 4.99 Å². The van der Waals surface area contributed by atoms with Crippen LogP contribution in [0.1, 0.15) is 51.0 Å². The lowest BCUT2D eigenvalue weighted by molar-refractivity contribution is -0.137. The molecule has 2 unspecified atom stereocenters. The first-order valence-corrected chi connectivity index (χ1v) is 10.6. The fourth-order valence-electron chi connectivity index (χ4n) is 3.72. The van der Waals surface area contributed by atoms with Gasteiger partial charge in [0.05, 0.1) is 17.6 Å². The van der Waals surface area contributed by atoms with E-state index in [1.165, 1.54) is 31.4 Å². The number of rotatable bonds is 4. The maximum absolute atomic E-state index is 12.6. The van der Waals surface area contributed by atoms with Crippen LogP contribution in [0.3, 0.4) is 0 Å². The zero-order valence-electron chi connectivity index (χ0n) is 16.1. The number of nitrogens with one attached hydrogen (secondary N) is 1. The first-order valence-electron chi connectivity index (χ1n) is 9.68. The summed E-state index contributed by atoms with van der Waals surface area (Å²) in [4.78, 5) is 19.4. The van der Waals surface area contributed by atoms with E-state index in [9.17, 15) is 18.0 Å². The molecule has 1 aliphatic carbocycles. The Kier molecular flexibility index (Phi) is 6.58. The molecule has 1 aromatic carbocycles. The van der Waals surface area contributed by atoms with E-state index in [-0.39, 0.29) is 23.6 Å². The highest BCUT2D eigenvalue weighted by Gasteiger charge is 2.36. The predicted octanol–water partition coefficient (Wildman–Crippen LogP) is 5.16. The summed E-state index contributed by atoms with van der Waals surface area (Å²) in [6.07, 6.45) is 1.89. The topological polar surface area (TPSA) is 44.7 Å². The van der Waals surface area contributed by atoms with Crippen molar-refractivity contribution in [1.29, 1.82) is 0 Å². The van der Waals surface area contributed by atoms with Gasteiger partial charge < -0.3 is 10.2 Å². The molecule has 3 rings (SSSR count). The molecule has 4 nitrogen and oxygen atoms in total. The zero-order chi connectivity index (χ0) is 20.3. The van der Waals surface area contributed by atoms with Gasteiger partial charge in [-0.1, -0.05) is 37.9 Å².